The lowest BCUT2D eigenvalue weighted by atomic mass is 9.87. The minimum absolute atomic E-state index is 0.187. The molecule has 0 aliphatic carbocycles. The number of alkyl halides is 6. The molecule has 1 aromatic heterocycles. The second-order valence-corrected chi connectivity index (χ2v) is 7.34. The maximum Gasteiger partial charge on any atom is 0.433 e. The molecule has 3 rings (SSSR count). The van der Waals surface area contributed by atoms with E-state index in [1.165, 1.54) is 0 Å². The summed E-state index contributed by atoms with van der Waals surface area (Å²) in [7, 11) is 0. The molecule has 3 N–H and O–H groups in total. The Balaban J connectivity index is 1.96. The molecule has 7 nitrogen and oxygen atoms in total. The summed E-state index contributed by atoms with van der Waals surface area (Å²) in [6, 6.07) is -0.424. The number of carbonyl (C=O) groups is 1. The highest BCUT2D eigenvalue weighted by Gasteiger charge is 2.60. The molecule has 1 atom stereocenters. The summed E-state index contributed by atoms with van der Waals surface area (Å²) in [4.78, 5) is 19.7. The Morgan fingerprint density at radius 3 is 2.53 bits per heavy atom. The van der Waals surface area contributed by atoms with E-state index in [0.717, 1.165) is 19.2 Å². The van der Waals surface area contributed by atoms with Gasteiger partial charge in [-0.25, -0.2) is 14.8 Å². The van der Waals surface area contributed by atoms with Crippen LogP contribution in [0, 0.1) is 16.8 Å². The van der Waals surface area contributed by atoms with Crippen molar-refractivity contribution in [1.29, 1.82) is 5.41 Å². The number of halogens is 8. The van der Waals surface area contributed by atoms with Crippen LogP contribution in [0.15, 0.2) is 40.4 Å². The van der Waals surface area contributed by atoms with Gasteiger partial charge in [0, 0.05) is 24.4 Å². The standard InChI is InChI=1S/C17H12ClF7N6O/c1-15(17(23,24)25)6-31(8-5-27-12(4-10(18)26)30-13(8)15)14(32)28-7-2-9(16(20,21)22)29-11(19)3-7/h2-5,26,30H,6H2,1H3,(H,28,29,32)/b12-4-,26-10?/t15-/m1/s1. The van der Waals surface area contributed by atoms with E-state index < -0.39 is 58.5 Å². The van der Waals surface area contributed by atoms with E-state index in [0.29, 0.717) is 17.0 Å². The average molecular weight is 485 g/mol. The third kappa shape index (κ3) is 4.40. The van der Waals surface area contributed by atoms with E-state index >= 15 is 0 Å². The first-order chi connectivity index (χ1) is 14.6. The Hall–Kier alpha value is -3.16. The van der Waals surface area contributed by atoms with Crippen LogP contribution in [0.2, 0.25) is 0 Å². The number of amides is 2. The van der Waals surface area contributed by atoms with Crippen molar-refractivity contribution in [3.63, 3.8) is 0 Å². The van der Waals surface area contributed by atoms with Gasteiger partial charge in [-0.15, -0.1) is 0 Å². The predicted molar refractivity (Wildman–Crippen MR) is 99.4 cm³/mol. The monoisotopic (exact) mass is 484 g/mol. The molecule has 0 radical (unpaired) electrons. The van der Waals surface area contributed by atoms with Crippen LogP contribution in [0.4, 0.5) is 41.2 Å². The summed E-state index contributed by atoms with van der Waals surface area (Å²) in [5.74, 6) is -1.73. The van der Waals surface area contributed by atoms with Gasteiger partial charge >= 0.3 is 18.4 Å². The zero-order valence-electron chi connectivity index (χ0n) is 15.8. The lowest BCUT2D eigenvalue weighted by molar-refractivity contribution is -0.202. The third-order valence-corrected chi connectivity index (χ3v) is 4.73. The fourth-order valence-electron chi connectivity index (χ4n) is 3.04. The number of hydrogen-bond acceptors (Lipinski definition) is 5. The van der Waals surface area contributed by atoms with Crippen molar-refractivity contribution in [2.75, 3.05) is 11.9 Å². The van der Waals surface area contributed by atoms with Gasteiger partial charge < -0.3 is 10.6 Å². The maximum atomic E-state index is 13.9. The highest BCUT2D eigenvalue weighted by atomic mass is 35.5. The summed E-state index contributed by atoms with van der Waals surface area (Å²) < 4.78 is 93.5. The number of nitrogens with one attached hydrogen (secondary N) is 3. The molecule has 2 aliphatic rings. The largest absolute Gasteiger partial charge is 0.433 e. The Labute approximate surface area is 180 Å². The lowest BCUT2D eigenvalue weighted by Gasteiger charge is -2.31. The molecule has 1 aromatic rings. The topological polar surface area (TPSA) is 93.5 Å². The molecular formula is C17H12ClF7N6O. The molecule has 0 unspecified atom stereocenters. The first-order valence-corrected chi connectivity index (χ1v) is 8.91. The van der Waals surface area contributed by atoms with Gasteiger partial charge in [-0.2, -0.15) is 30.7 Å². The maximum absolute atomic E-state index is 13.9. The smallest absolute Gasteiger partial charge is 0.341 e. The quantitative estimate of drug-likeness (QED) is 0.325. The SMILES string of the molecule is C[C@@]1(C(F)(F)F)CN(C(=O)Nc2cc(F)nc(C(F)(F)F)c2)C2=C1N/C(=C\C(=N)Cl)N=C2. The summed E-state index contributed by atoms with van der Waals surface area (Å²) in [5, 5.41) is 11.0. The van der Waals surface area contributed by atoms with Gasteiger partial charge in [0.15, 0.2) is 0 Å². The van der Waals surface area contributed by atoms with E-state index in [2.05, 4.69) is 15.3 Å². The zero-order valence-corrected chi connectivity index (χ0v) is 16.5. The first kappa shape index (κ1) is 23.5. The number of urea groups is 1. The van der Waals surface area contributed by atoms with Crippen molar-refractivity contribution >= 4 is 34.7 Å². The molecule has 0 fully saturated rings. The number of aromatic nitrogens is 1. The molecule has 172 valence electrons. The van der Waals surface area contributed by atoms with E-state index in [1.807, 2.05) is 5.32 Å². The molecule has 15 heteroatoms. The number of carbonyl (C=O) groups excluding carboxylic acids is 1. The van der Waals surface area contributed by atoms with Crippen molar-refractivity contribution < 1.29 is 35.5 Å². The van der Waals surface area contributed by atoms with Crippen LogP contribution in [0.25, 0.3) is 0 Å². The van der Waals surface area contributed by atoms with Gasteiger partial charge in [0.05, 0.1) is 17.6 Å². The molecule has 3 heterocycles. The Morgan fingerprint density at radius 1 is 1.31 bits per heavy atom. The van der Waals surface area contributed by atoms with E-state index in [9.17, 15) is 35.5 Å². The minimum Gasteiger partial charge on any atom is -0.341 e. The molecule has 0 bridgehead atoms. The highest BCUT2D eigenvalue weighted by Crippen LogP contribution is 2.50. The summed E-state index contributed by atoms with van der Waals surface area (Å²) >= 11 is 5.41. The fraction of sp³-hybridized carbons (Fsp3) is 0.294. The van der Waals surface area contributed by atoms with Crippen LogP contribution >= 0.6 is 11.6 Å². The second-order valence-electron chi connectivity index (χ2n) is 6.93. The Morgan fingerprint density at radius 2 is 1.97 bits per heavy atom. The second kappa shape index (κ2) is 7.76. The van der Waals surface area contributed by atoms with Crippen molar-refractivity contribution in [2.24, 2.45) is 10.4 Å². The van der Waals surface area contributed by atoms with E-state index in [-0.39, 0.29) is 11.5 Å². The first-order valence-electron chi connectivity index (χ1n) is 8.53. The number of nitrogens with zero attached hydrogens (tertiary/aromatic N) is 3. The number of aliphatic imine (C=N–C) groups is 1. The van der Waals surface area contributed by atoms with Gasteiger partial charge in [0.25, 0.3) is 0 Å². The molecule has 32 heavy (non-hydrogen) atoms. The van der Waals surface area contributed by atoms with Gasteiger partial charge in [0.2, 0.25) is 5.95 Å². The van der Waals surface area contributed by atoms with Gasteiger partial charge in [-0.05, 0) is 13.0 Å². The van der Waals surface area contributed by atoms with Crippen molar-refractivity contribution in [3.05, 3.63) is 47.1 Å². The summed E-state index contributed by atoms with van der Waals surface area (Å²) in [5.41, 5.74) is -5.69. The summed E-state index contributed by atoms with van der Waals surface area (Å²) in [6.45, 7) is -0.142. The van der Waals surface area contributed by atoms with Crippen LogP contribution in [0.5, 0.6) is 0 Å². The fourth-order valence-corrected chi connectivity index (χ4v) is 3.14. The number of anilines is 1. The highest BCUT2D eigenvalue weighted by molar-refractivity contribution is 6.67. The van der Waals surface area contributed by atoms with Gasteiger partial charge in [-0.1, -0.05) is 11.6 Å². The average Bonchev–Trinajstić information content (AvgIpc) is 2.94. The van der Waals surface area contributed by atoms with Gasteiger partial charge in [0.1, 0.15) is 22.1 Å². The van der Waals surface area contributed by atoms with Crippen molar-refractivity contribution in [3.8, 4) is 0 Å². The third-order valence-electron chi connectivity index (χ3n) is 4.62. The Bertz CT molecular complexity index is 1080. The number of allylic oxidation sites excluding steroid dienone is 2. The number of hydrogen-bond donors (Lipinski definition) is 3. The van der Waals surface area contributed by atoms with Crippen LogP contribution in [0.1, 0.15) is 12.6 Å². The molecule has 0 spiro atoms. The number of pyridine rings is 1. The van der Waals surface area contributed by atoms with Crippen LogP contribution in [0.3, 0.4) is 0 Å². The minimum atomic E-state index is -5.02. The van der Waals surface area contributed by atoms with Crippen LogP contribution in [-0.2, 0) is 6.18 Å². The van der Waals surface area contributed by atoms with Crippen LogP contribution < -0.4 is 10.6 Å². The van der Waals surface area contributed by atoms with Crippen molar-refractivity contribution in [1.82, 2.24) is 15.2 Å². The van der Waals surface area contributed by atoms with Crippen LogP contribution in [-0.4, -0.2) is 40.0 Å². The number of rotatable bonds is 2. The molecule has 0 saturated carbocycles. The predicted octanol–water partition coefficient (Wildman–Crippen LogP) is 4.60. The van der Waals surface area contributed by atoms with Gasteiger partial charge in [-0.3, -0.25) is 10.3 Å². The zero-order chi connectivity index (χ0) is 24.1. The van der Waals surface area contributed by atoms with Crippen molar-refractivity contribution in [2.45, 2.75) is 19.3 Å². The Kier molecular flexibility index (Phi) is 5.70. The van der Waals surface area contributed by atoms with E-state index in [1.54, 1.807) is 0 Å². The molecule has 0 aromatic carbocycles. The summed E-state index contributed by atoms with van der Waals surface area (Å²) in [6.07, 6.45) is -8.01. The molecule has 2 aliphatic heterocycles. The van der Waals surface area contributed by atoms with E-state index in [4.69, 9.17) is 17.0 Å². The molecular weight excluding hydrogens is 473 g/mol. The lowest BCUT2D eigenvalue weighted by Crippen LogP contribution is -2.45. The normalized spacial score (nSPS) is 22.2. The molecule has 0 saturated heterocycles. The molecule has 2 amide bonds.